The molecule has 19 heavy (non-hydrogen) atoms. The fourth-order valence-corrected chi connectivity index (χ4v) is 2.42. The maximum Gasteiger partial charge on any atom is 0.221 e. The Kier molecular flexibility index (Phi) is 8.27. The first-order valence-corrected chi connectivity index (χ1v) is 7.76. The first kappa shape index (κ1) is 16.6. The van der Waals surface area contributed by atoms with Crippen molar-refractivity contribution in [3.63, 3.8) is 0 Å². The molecule has 0 N–H and O–H groups in total. The predicted octanol–water partition coefficient (Wildman–Crippen LogP) is 4.06. The summed E-state index contributed by atoms with van der Waals surface area (Å²) in [6.45, 7) is 1.57. The van der Waals surface area contributed by atoms with Crippen LogP contribution in [0.1, 0.15) is 18.4 Å². The summed E-state index contributed by atoms with van der Waals surface area (Å²) in [5.74, 6) is 1.16. The number of benzene rings is 1. The van der Waals surface area contributed by atoms with Crippen LogP contribution in [0.4, 0.5) is 5.69 Å². The van der Waals surface area contributed by atoms with E-state index in [1.807, 2.05) is 0 Å². The highest BCUT2D eigenvalue weighted by atomic mass is 35.5. The lowest BCUT2D eigenvalue weighted by Crippen LogP contribution is -2.27. The van der Waals surface area contributed by atoms with E-state index in [1.54, 1.807) is 0 Å². The van der Waals surface area contributed by atoms with Crippen LogP contribution in [0.2, 0.25) is 0 Å². The van der Waals surface area contributed by atoms with Crippen LogP contribution in [0.15, 0.2) is 24.3 Å². The third-order valence-corrected chi connectivity index (χ3v) is 3.38. The van der Waals surface area contributed by atoms with Crippen LogP contribution in [0, 0.1) is 0 Å². The van der Waals surface area contributed by atoms with Crippen molar-refractivity contribution in [1.82, 2.24) is 0 Å². The summed E-state index contributed by atoms with van der Waals surface area (Å²) in [6.07, 6.45) is 2.08. The molecule has 5 heteroatoms. The van der Waals surface area contributed by atoms with E-state index in [0.717, 1.165) is 31.6 Å². The third-order valence-electron chi connectivity index (χ3n) is 2.85. The zero-order valence-electron chi connectivity index (χ0n) is 10.7. The molecule has 0 amide bonds. The van der Waals surface area contributed by atoms with E-state index in [0.29, 0.717) is 18.2 Å². The molecule has 106 valence electrons. The summed E-state index contributed by atoms with van der Waals surface area (Å²) in [6, 6.07) is 8.28. The second-order valence-electron chi connectivity index (χ2n) is 4.24. The molecule has 2 nitrogen and oxygen atoms in total. The van der Waals surface area contributed by atoms with E-state index in [9.17, 15) is 4.79 Å². The summed E-state index contributed by atoms with van der Waals surface area (Å²) in [5, 5.41) is -0.271. The van der Waals surface area contributed by atoms with Gasteiger partial charge in [0.1, 0.15) is 0 Å². The number of anilines is 1. The Morgan fingerprint density at radius 3 is 2.11 bits per heavy atom. The summed E-state index contributed by atoms with van der Waals surface area (Å²) in [4.78, 5) is 12.8. The number of rotatable bonds is 9. The molecule has 0 spiro atoms. The Hall–Kier alpha value is -0.440. The average molecular weight is 323 g/mol. The van der Waals surface area contributed by atoms with Crippen LogP contribution in [0.25, 0.3) is 0 Å². The van der Waals surface area contributed by atoms with E-state index >= 15 is 0 Å². The Labute approximate surface area is 129 Å². The van der Waals surface area contributed by atoms with Gasteiger partial charge in [0.15, 0.2) is 0 Å². The maximum atomic E-state index is 10.7. The number of hydrogen-bond acceptors (Lipinski definition) is 2. The van der Waals surface area contributed by atoms with Crippen molar-refractivity contribution < 1.29 is 4.79 Å². The maximum absolute atomic E-state index is 10.7. The van der Waals surface area contributed by atoms with Gasteiger partial charge in [0, 0.05) is 37.0 Å². The third kappa shape index (κ3) is 6.51. The van der Waals surface area contributed by atoms with E-state index in [-0.39, 0.29) is 5.24 Å². The average Bonchev–Trinajstić information content (AvgIpc) is 2.39. The zero-order valence-corrected chi connectivity index (χ0v) is 13.0. The molecule has 0 aliphatic heterocycles. The molecular formula is C14H18Cl3NO. The van der Waals surface area contributed by atoms with E-state index in [1.165, 1.54) is 5.56 Å². The summed E-state index contributed by atoms with van der Waals surface area (Å²) >= 11 is 16.9. The second kappa shape index (κ2) is 9.46. The highest BCUT2D eigenvalue weighted by molar-refractivity contribution is 6.63. The first-order valence-electron chi connectivity index (χ1n) is 6.31. The van der Waals surface area contributed by atoms with Crippen molar-refractivity contribution >= 4 is 45.7 Å². The van der Waals surface area contributed by atoms with Crippen molar-refractivity contribution in [2.24, 2.45) is 0 Å². The van der Waals surface area contributed by atoms with Crippen LogP contribution in [-0.4, -0.2) is 30.1 Å². The van der Waals surface area contributed by atoms with Crippen molar-refractivity contribution in [3.05, 3.63) is 29.8 Å². The molecule has 0 aliphatic rings. The second-order valence-corrected chi connectivity index (χ2v) is 5.42. The highest BCUT2D eigenvalue weighted by Gasteiger charge is 2.05. The van der Waals surface area contributed by atoms with Crippen LogP contribution < -0.4 is 4.90 Å². The zero-order chi connectivity index (χ0) is 14.1. The fraction of sp³-hybridized carbons (Fsp3) is 0.500. The number of carbonyl (C=O) groups is 1. The summed E-state index contributed by atoms with van der Waals surface area (Å²) in [7, 11) is 0. The van der Waals surface area contributed by atoms with Gasteiger partial charge in [-0.3, -0.25) is 4.79 Å². The number of alkyl halides is 2. The molecule has 0 bridgehead atoms. The standard InChI is InChI=1S/C14H18Cl3NO/c15-8-10-18(11-9-16)13-6-4-12(5-7-13)2-1-3-14(17)19/h4-7H,1-3,8-11H2. The van der Waals surface area contributed by atoms with Crippen LogP contribution >= 0.6 is 34.8 Å². The number of carbonyl (C=O) groups excluding carboxylic acids is 1. The summed E-state index contributed by atoms with van der Waals surface area (Å²) < 4.78 is 0. The highest BCUT2D eigenvalue weighted by Crippen LogP contribution is 2.17. The Morgan fingerprint density at radius 1 is 1.05 bits per heavy atom. The molecule has 0 aliphatic carbocycles. The van der Waals surface area contributed by atoms with Crippen molar-refractivity contribution in [2.45, 2.75) is 19.3 Å². The normalized spacial score (nSPS) is 10.5. The molecule has 0 atom stereocenters. The van der Waals surface area contributed by atoms with E-state index < -0.39 is 0 Å². The molecule has 1 rings (SSSR count). The van der Waals surface area contributed by atoms with Gasteiger partial charge in [-0.25, -0.2) is 0 Å². The lowest BCUT2D eigenvalue weighted by molar-refractivity contribution is -0.111. The van der Waals surface area contributed by atoms with Gasteiger partial charge in [-0.1, -0.05) is 12.1 Å². The minimum Gasteiger partial charge on any atom is -0.369 e. The van der Waals surface area contributed by atoms with Crippen molar-refractivity contribution in [1.29, 1.82) is 0 Å². The number of nitrogens with zero attached hydrogens (tertiary/aromatic N) is 1. The van der Waals surface area contributed by atoms with Gasteiger partial charge in [-0.2, -0.15) is 0 Å². The molecule has 0 radical (unpaired) electrons. The monoisotopic (exact) mass is 321 g/mol. The van der Waals surface area contributed by atoms with Gasteiger partial charge in [0.2, 0.25) is 5.24 Å². The molecule has 0 fully saturated rings. The topological polar surface area (TPSA) is 20.3 Å². The molecule has 1 aromatic carbocycles. The molecule has 0 saturated carbocycles. The Balaban J connectivity index is 2.55. The van der Waals surface area contributed by atoms with Gasteiger partial charge in [0.25, 0.3) is 0 Å². The number of halogens is 3. The van der Waals surface area contributed by atoms with E-state index in [2.05, 4.69) is 29.2 Å². The van der Waals surface area contributed by atoms with Gasteiger partial charge in [0.05, 0.1) is 0 Å². The molecule has 0 aromatic heterocycles. The van der Waals surface area contributed by atoms with Crippen LogP contribution in [-0.2, 0) is 11.2 Å². The SMILES string of the molecule is O=C(Cl)CCCc1ccc(N(CCCl)CCCl)cc1. The minimum atomic E-state index is -0.271. The fourth-order valence-electron chi connectivity index (χ4n) is 1.88. The first-order chi connectivity index (χ1) is 9.17. The van der Waals surface area contributed by atoms with Gasteiger partial charge < -0.3 is 4.90 Å². The predicted molar refractivity (Wildman–Crippen MR) is 83.9 cm³/mol. The number of aryl methyl sites for hydroxylation is 1. The Morgan fingerprint density at radius 2 is 1.63 bits per heavy atom. The lowest BCUT2D eigenvalue weighted by atomic mass is 10.1. The Bertz CT molecular complexity index is 375. The molecule has 0 saturated heterocycles. The van der Waals surface area contributed by atoms with Gasteiger partial charge in [-0.05, 0) is 42.1 Å². The smallest absolute Gasteiger partial charge is 0.221 e. The summed E-state index contributed by atoms with van der Waals surface area (Å²) in [5.41, 5.74) is 2.33. The van der Waals surface area contributed by atoms with Crippen molar-refractivity contribution in [2.75, 3.05) is 29.7 Å². The quantitative estimate of drug-likeness (QED) is 0.505. The van der Waals surface area contributed by atoms with Crippen molar-refractivity contribution in [3.8, 4) is 0 Å². The molecule has 0 heterocycles. The van der Waals surface area contributed by atoms with Crippen LogP contribution in [0.5, 0.6) is 0 Å². The van der Waals surface area contributed by atoms with Gasteiger partial charge >= 0.3 is 0 Å². The lowest BCUT2D eigenvalue weighted by Gasteiger charge is -2.23. The minimum absolute atomic E-state index is 0.271. The number of hydrogen-bond donors (Lipinski definition) is 0. The largest absolute Gasteiger partial charge is 0.369 e. The van der Waals surface area contributed by atoms with Gasteiger partial charge in [-0.15, -0.1) is 23.2 Å². The molecule has 0 unspecified atom stereocenters. The van der Waals surface area contributed by atoms with E-state index in [4.69, 9.17) is 34.8 Å². The van der Waals surface area contributed by atoms with Crippen LogP contribution in [0.3, 0.4) is 0 Å². The molecule has 1 aromatic rings. The molecular weight excluding hydrogens is 305 g/mol.